The average Bonchev–Trinajstić information content (AvgIpc) is 2.60. The minimum absolute atomic E-state index is 0.363. The quantitative estimate of drug-likeness (QED) is 0.696. The number of nitrogens with zero attached hydrogens (tertiary/aromatic N) is 1. The molecule has 1 heterocycles. The van der Waals surface area contributed by atoms with Crippen LogP contribution in [0.2, 0.25) is 0 Å². The van der Waals surface area contributed by atoms with E-state index in [1.165, 1.54) is 25.2 Å². The highest BCUT2D eigenvalue weighted by molar-refractivity contribution is 7.92. The Morgan fingerprint density at radius 3 is 2.37 bits per heavy atom. The molecule has 0 bridgehead atoms. The van der Waals surface area contributed by atoms with Gasteiger partial charge in [-0.3, -0.25) is 9.10 Å². The summed E-state index contributed by atoms with van der Waals surface area (Å²) in [6.07, 6.45) is 1.10. The zero-order chi connectivity index (χ0) is 19.8. The lowest BCUT2D eigenvalue weighted by molar-refractivity contribution is 0.102. The van der Waals surface area contributed by atoms with E-state index >= 15 is 0 Å². The van der Waals surface area contributed by atoms with Gasteiger partial charge in [0.15, 0.2) is 0 Å². The fraction of sp³-hybridized carbons (Fsp3) is 0.158. The summed E-state index contributed by atoms with van der Waals surface area (Å²) in [5.41, 5.74) is 2.05. The number of sulfonamides is 1. The van der Waals surface area contributed by atoms with E-state index in [1.807, 2.05) is 6.92 Å². The first-order chi connectivity index (χ1) is 12.6. The molecule has 1 aromatic heterocycles. The number of hydrogen-bond acceptors (Lipinski definition) is 5. The third-order valence-electron chi connectivity index (χ3n) is 4.20. The zero-order valence-electron chi connectivity index (χ0n) is 15.0. The van der Waals surface area contributed by atoms with Gasteiger partial charge >= 0.3 is 5.63 Å². The molecule has 0 saturated heterocycles. The maximum absolute atomic E-state index is 12.4. The summed E-state index contributed by atoms with van der Waals surface area (Å²) >= 11 is 0. The largest absolute Gasteiger partial charge is 0.423 e. The molecule has 7 nitrogen and oxygen atoms in total. The summed E-state index contributed by atoms with van der Waals surface area (Å²) < 4.78 is 29.4. The topological polar surface area (TPSA) is 96.7 Å². The standard InChI is InChI=1S/C19H18N2O5S/c1-12-10-18(22)26-17-11-14(6-9-16(12)17)20-19(23)13-4-7-15(8-5-13)21(2)27(3,24)25/h4-11H,1-3H3,(H,20,23). The molecule has 8 heteroatoms. The maximum Gasteiger partial charge on any atom is 0.336 e. The molecule has 0 unspecified atom stereocenters. The third kappa shape index (κ3) is 4.01. The summed E-state index contributed by atoms with van der Waals surface area (Å²) in [4.78, 5) is 23.9. The number of carbonyl (C=O) groups excluding carboxylic acids is 1. The highest BCUT2D eigenvalue weighted by Crippen LogP contribution is 2.22. The van der Waals surface area contributed by atoms with E-state index in [-0.39, 0.29) is 5.91 Å². The number of carbonyl (C=O) groups is 1. The Morgan fingerprint density at radius 2 is 1.74 bits per heavy atom. The SMILES string of the molecule is Cc1cc(=O)oc2cc(NC(=O)c3ccc(N(C)S(C)(=O)=O)cc3)ccc12. The summed E-state index contributed by atoms with van der Waals surface area (Å²) in [5.74, 6) is -0.363. The monoisotopic (exact) mass is 386 g/mol. The third-order valence-corrected chi connectivity index (χ3v) is 5.41. The molecule has 0 aliphatic carbocycles. The van der Waals surface area contributed by atoms with Crippen LogP contribution >= 0.6 is 0 Å². The molecule has 3 rings (SSSR count). The van der Waals surface area contributed by atoms with Crippen LogP contribution in [0.4, 0.5) is 11.4 Å². The van der Waals surface area contributed by atoms with Crippen molar-refractivity contribution in [2.75, 3.05) is 22.9 Å². The Balaban J connectivity index is 1.83. The number of amides is 1. The fourth-order valence-corrected chi connectivity index (χ4v) is 3.12. The Kier molecular flexibility index (Phi) is 4.75. The van der Waals surface area contributed by atoms with Gasteiger partial charge in [0.2, 0.25) is 10.0 Å². The summed E-state index contributed by atoms with van der Waals surface area (Å²) in [5, 5.41) is 3.53. The molecular weight excluding hydrogens is 368 g/mol. The van der Waals surface area contributed by atoms with Gasteiger partial charge in [0, 0.05) is 35.8 Å². The molecule has 0 radical (unpaired) electrons. The highest BCUT2D eigenvalue weighted by Gasteiger charge is 2.13. The van der Waals surface area contributed by atoms with E-state index in [0.717, 1.165) is 21.5 Å². The highest BCUT2D eigenvalue weighted by atomic mass is 32.2. The number of fused-ring (bicyclic) bond motifs is 1. The van der Waals surface area contributed by atoms with Crippen molar-refractivity contribution >= 4 is 38.3 Å². The van der Waals surface area contributed by atoms with Gasteiger partial charge in [-0.1, -0.05) is 0 Å². The molecule has 140 valence electrons. The molecule has 0 atom stereocenters. The molecule has 0 aliphatic heterocycles. The van der Waals surface area contributed by atoms with E-state index in [9.17, 15) is 18.0 Å². The Labute approximate surface area is 156 Å². The van der Waals surface area contributed by atoms with Crippen LogP contribution in [0.1, 0.15) is 15.9 Å². The number of benzene rings is 2. The second kappa shape index (κ2) is 6.88. The molecule has 0 fully saturated rings. The summed E-state index contributed by atoms with van der Waals surface area (Å²) in [6.45, 7) is 1.81. The van der Waals surface area contributed by atoms with E-state index in [1.54, 1.807) is 30.3 Å². The van der Waals surface area contributed by atoms with Crippen molar-refractivity contribution in [2.45, 2.75) is 6.92 Å². The molecule has 0 spiro atoms. The maximum atomic E-state index is 12.4. The lowest BCUT2D eigenvalue weighted by atomic mass is 10.1. The Morgan fingerprint density at radius 1 is 1.07 bits per heavy atom. The van der Waals surface area contributed by atoms with Crippen molar-refractivity contribution in [1.82, 2.24) is 0 Å². The number of anilines is 2. The van der Waals surface area contributed by atoms with Gasteiger partial charge in [0.05, 0.1) is 11.9 Å². The average molecular weight is 386 g/mol. The number of aryl methyl sites for hydroxylation is 1. The molecule has 2 aromatic carbocycles. The van der Waals surface area contributed by atoms with E-state index in [2.05, 4.69) is 5.32 Å². The van der Waals surface area contributed by atoms with Crippen molar-refractivity contribution in [3.05, 3.63) is 70.1 Å². The lowest BCUT2D eigenvalue weighted by Gasteiger charge is -2.16. The minimum atomic E-state index is -3.37. The molecule has 1 N–H and O–H groups in total. The van der Waals surface area contributed by atoms with Crippen molar-refractivity contribution in [2.24, 2.45) is 0 Å². The second-order valence-electron chi connectivity index (χ2n) is 6.19. The van der Waals surface area contributed by atoms with Gasteiger partial charge in [-0.2, -0.15) is 0 Å². The van der Waals surface area contributed by atoms with Gasteiger partial charge in [0.1, 0.15) is 5.58 Å². The predicted molar refractivity (Wildman–Crippen MR) is 105 cm³/mol. The molecule has 1 amide bonds. The second-order valence-corrected chi connectivity index (χ2v) is 8.20. The van der Waals surface area contributed by atoms with Crippen molar-refractivity contribution in [1.29, 1.82) is 0 Å². The van der Waals surface area contributed by atoms with Gasteiger partial charge in [-0.25, -0.2) is 13.2 Å². The first-order valence-electron chi connectivity index (χ1n) is 8.05. The van der Waals surface area contributed by atoms with Crippen LogP contribution < -0.4 is 15.2 Å². The van der Waals surface area contributed by atoms with Crippen LogP contribution in [0.5, 0.6) is 0 Å². The molecule has 3 aromatic rings. The first kappa shape index (κ1) is 18.7. The first-order valence-corrected chi connectivity index (χ1v) is 9.90. The van der Waals surface area contributed by atoms with Crippen molar-refractivity contribution in [3.63, 3.8) is 0 Å². The number of rotatable bonds is 4. The lowest BCUT2D eigenvalue weighted by Crippen LogP contribution is -2.24. The summed E-state index contributed by atoms with van der Waals surface area (Å²) in [6, 6.07) is 12.7. The minimum Gasteiger partial charge on any atom is -0.423 e. The van der Waals surface area contributed by atoms with Gasteiger partial charge in [0.25, 0.3) is 5.91 Å². The van der Waals surface area contributed by atoms with Crippen LogP contribution in [-0.2, 0) is 10.0 Å². The molecule has 0 aliphatic rings. The zero-order valence-corrected chi connectivity index (χ0v) is 15.8. The van der Waals surface area contributed by atoms with Crippen molar-refractivity contribution in [3.8, 4) is 0 Å². The molecular formula is C19H18N2O5S. The van der Waals surface area contributed by atoms with Crippen LogP contribution in [0.3, 0.4) is 0 Å². The van der Waals surface area contributed by atoms with Gasteiger partial charge in [-0.05, 0) is 48.9 Å². The molecule has 0 saturated carbocycles. The Hall–Kier alpha value is -3.13. The predicted octanol–water partition coefficient (Wildman–Crippen LogP) is 2.75. The van der Waals surface area contributed by atoms with E-state index in [0.29, 0.717) is 22.5 Å². The van der Waals surface area contributed by atoms with Gasteiger partial charge < -0.3 is 9.73 Å². The van der Waals surface area contributed by atoms with E-state index in [4.69, 9.17) is 4.42 Å². The van der Waals surface area contributed by atoms with Crippen LogP contribution in [0, 0.1) is 6.92 Å². The summed E-state index contributed by atoms with van der Waals surface area (Å²) in [7, 11) is -1.93. The van der Waals surface area contributed by atoms with Crippen LogP contribution in [0.25, 0.3) is 11.0 Å². The van der Waals surface area contributed by atoms with Crippen LogP contribution in [0.15, 0.2) is 57.7 Å². The number of hydrogen-bond donors (Lipinski definition) is 1. The van der Waals surface area contributed by atoms with Crippen LogP contribution in [-0.4, -0.2) is 27.6 Å². The normalized spacial score (nSPS) is 11.4. The van der Waals surface area contributed by atoms with Gasteiger partial charge in [-0.15, -0.1) is 0 Å². The smallest absolute Gasteiger partial charge is 0.336 e. The fourth-order valence-electron chi connectivity index (χ4n) is 2.62. The van der Waals surface area contributed by atoms with Crippen molar-refractivity contribution < 1.29 is 17.6 Å². The molecule has 27 heavy (non-hydrogen) atoms. The van der Waals surface area contributed by atoms with E-state index < -0.39 is 15.6 Å². The number of nitrogens with one attached hydrogen (secondary N) is 1. The Bertz CT molecular complexity index is 1180.